The Kier molecular flexibility index (Phi) is 7.73. The van der Waals surface area contributed by atoms with Crippen LogP contribution in [0.5, 0.6) is 11.5 Å². The molecular weight excluding hydrogens is 394 g/mol. The van der Waals surface area contributed by atoms with E-state index >= 15 is 0 Å². The normalized spacial score (nSPS) is 10.8. The number of amides is 1. The Balaban J connectivity index is 2.02. The Bertz CT molecular complexity index is 770. The molecule has 0 aliphatic carbocycles. The third-order valence-corrected chi connectivity index (χ3v) is 4.51. The maximum absolute atomic E-state index is 12.1. The first-order valence-corrected chi connectivity index (χ1v) is 9.36. The van der Waals surface area contributed by atoms with E-state index in [-0.39, 0.29) is 5.91 Å². The molecule has 0 aromatic heterocycles. The summed E-state index contributed by atoms with van der Waals surface area (Å²) in [6.45, 7) is 2.18. The molecule has 0 aliphatic rings. The molecule has 138 valence electrons. The minimum Gasteiger partial charge on any atom is -0.493 e. The highest BCUT2D eigenvalue weighted by Gasteiger charge is 2.09. The van der Waals surface area contributed by atoms with E-state index in [1.807, 2.05) is 24.3 Å². The summed E-state index contributed by atoms with van der Waals surface area (Å²) in [5.41, 5.74) is 2.91. The molecule has 0 aliphatic heterocycles. The second-order valence-electron chi connectivity index (χ2n) is 5.86. The van der Waals surface area contributed by atoms with E-state index in [0.717, 1.165) is 22.1 Å². The molecule has 0 radical (unpaired) electrons. The Morgan fingerprint density at radius 3 is 2.50 bits per heavy atom. The summed E-state index contributed by atoms with van der Waals surface area (Å²) in [6, 6.07) is 11.7. The molecule has 26 heavy (non-hydrogen) atoms. The second-order valence-corrected chi connectivity index (χ2v) is 6.72. The van der Waals surface area contributed by atoms with Crippen LogP contribution in [0, 0.1) is 0 Å². The second kappa shape index (κ2) is 10.0. The molecule has 0 bridgehead atoms. The molecule has 5 heteroatoms. The van der Waals surface area contributed by atoms with Crippen molar-refractivity contribution in [2.45, 2.75) is 26.2 Å². The quantitative estimate of drug-likeness (QED) is 0.579. The fourth-order valence-electron chi connectivity index (χ4n) is 2.53. The van der Waals surface area contributed by atoms with Crippen LogP contribution in [0.15, 0.2) is 46.9 Å². The molecule has 0 spiro atoms. The molecule has 0 heterocycles. The summed E-state index contributed by atoms with van der Waals surface area (Å²) >= 11 is 3.44. The molecule has 2 aromatic rings. The van der Waals surface area contributed by atoms with Crippen molar-refractivity contribution in [1.29, 1.82) is 0 Å². The third kappa shape index (κ3) is 5.63. The Hall–Kier alpha value is -2.27. The van der Waals surface area contributed by atoms with Crippen LogP contribution in [-0.4, -0.2) is 20.1 Å². The molecule has 1 amide bonds. The van der Waals surface area contributed by atoms with Crippen LogP contribution in [0.1, 0.15) is 30.9 Å². The van der Waals surface area contributed by atoms with Gasteiger partial charge < -0.3 is 14.8 Å². The number of benzene rings is 2. The summed E-state index contributed by atoms with van der Waals surface area (Å²) in [7, 11) is 3.16. The van der Waals surface area contributed by atoms with Gasteiger partial charge in [-0.1, -0.05) is 25.5 Å². The molecule has 0 saturated heterocycles. The maximum atomic E-state index is 12.1. The zero-order chi connectivity index (χ0) is 18.9. The number of methoxy groups -OCH3 is 2. The lowest BCUT2D eigenvalue weighted by Gasteiger charge is -2.10. The van der Waals surface area contributed by atoms with Crippen LogP contribution in [0.25, 0.3) is 6.08 Å². The van der Waals surface area contributed by atoms with Crippen LogP contribution in [-0.2, 0) is 11.2 Å². The number of halogens is 1. The van der Waals surface area contributed by atoms with E-state index in [2.05, 4.69) is 40.3 Å². The highest BCUT2D eigenvalue weighted by molar-refractivity contribution is 9.10. The van der Waals surface area contributed by atoms with Crippen molar-refractivity contribution in [3.8, 4) is 11.5 Å². The van der Waals surface area contributed by atoms with Crippen molar-refractivity contribution in [3.63, 3.8) is 0 Å². The molecule has 1 N–H and O–H groups in total. The van der Waals surface area contributed by atoms with Crippen molar-refractivity contribution >= 4 is 33.6 Å². The minimum atomic E-state index is -0.183. The minimum absolute atomic E-state index is 0.183. The number of carbonyl (C=O) groups excluding carboxylic acids is 1. The first kappa shape index (κ1) is 20.0. The van der Waals surface area contributed by atoms with Gasteiger partial charge in [-0.05, 0) is 70.2 Å². The number of hydrogen-bond acceptors (Lipinski definition) is 3. The number of carbonyl (C=O) groups is 1. The van der Waals surface area contributed by atoms with Gasteiger partial charge in [0.1, 0.15) is 0 Å². The van der Waals surface area contributed by atoms with Crippen molar-refractivity contribution in [3.05, 3.63) is 58.1 Å². The van der Waals surface area contributed by atoms with Gasteiger partial charge in [0.25, 0.3) is 0 Å². The van der Waals surface area contributed by atoms with E-state index < -0.39 is 0 Å². The van der Waals surface area contributed by atoms with Crippen LogP contribution < -0.4 is 14.8 Å². The highest BCUT2D eigenvalue weighted by atomic mass is 79.9. The smallest absolute Gasteiger partial charge is 0.248 e. The fourth-order valence-corrected chi connectivity index (χ4v) is 3.15. The summed E-state index contributed by atoms with van der Waals surface area (Å²) in [5.74, 6) is 1.04. The number of aryl methyl sites for hydroxylation is 1. The molecule has 2 rings (SSSR count). The summed E-state index contributed by atoms with van der Waals surface area (Å²) in [5, 5.41) is 2.87. The van der Waals surface area contributed by atoms with Crippen molar-refractivity contribution < 1.29 is 14.3 Å². The Morgan fingerprint density at radius 2 is 1.88 bits per heavy atom. The predicted molar refractivity (Wildman–Crippen MR) is 110 cm³/mol. The lowest BCUT2D eigenvalue weighted by atomic mass is 10.1. The van der Waals surface area contributed by atoms with Gasteiger partial charge in [0.2, 0.25) is 5.91 Å². The van der Waals surface area contributed by atoms with E-state index in [9.17, 15) is 4.79 Å². The van der Waals surface area contributed by atoms with Crippen LogP contribution in [0.2, 0.25) is 0 Å². The van der Waals surface area contributed by atoms with Crippen LogP contribution in [0.4, 0.5) is 5.69 Å². The van der Waals surface area contributed by atoms with Crippen LogP contribution >= 0.6 is 15.9 Å². The van der Waals surface area contributed by atoms with Gasteiger partial charge in [-0.25, -0.2) is 0 Å². The lowest BCUT2D eigenvalue weighted by molar-refractivity contribution is -0.111. The van der Waals surface area contributed by atoms with Gasteiger partial charge in [0.15, 0.2) is 11.5 Å². The standard InChI is InChI=1S/C21H24BrNO3/c1-4-5-6-15-7-10-17(11-8-15)23-20(24)12-9-16-13-18(22)21(26-3)19(14-16)25-2/h7-14H,4-6H2,1-3H3,(H,23,24). The summed E-state index contributed by atoms with van der Waals surface area (Å²) < 4.78 is 11.4. The first-order valence-electron chi connectivity index (χ1n) is 8.57. The number of hydrogen-bond donors (Lipinski definition) is 1. The number of rotatable bonds is 8. The lowest BCUT2D eigenvalue weighted by Crippen LogP contribution is -2.07. The van der Waals surface area contributed by atoms with E-state index in [4.69, 9.17) is 9.47 Å². The number of nitrogens with one attached hydrogen (secondary N) is 1. The van der Waals surface area contributed by atoms with Gasteiger partial charge in [-0.3, -0.25) is 4.79 Å². The average Bonchev–Trinajstić information content (AvgIpc) is 2.65. The van der Waals surface area contributed by atoms with Gasteiger partial charge in [0.05, 0.1) is 18.7 Å². The third-order valence-electron chi connectivity index (χ3n) is 3.92. The zero-order valence-corrected chi connectivity index (χ0v) is 16.9. The van der Waals surface area contributed by atoms with Gasteiger partial charge >= 0.3 is 0 Å². The summed E-state index contributed by atoms with van der Waals surface area (Å²) in [4.78, 5) is 12.1. The van der Waals surface area contributed by atoms with Gasteiger partial charge in [-0.15, -0.1) is 0 Å². The van der Waals surface area contributed by atoms with E-state index in [0.29, 0.717) is 11.5 Å². The largest absolute Gasteiger partial charge is 0.493 e. The van der Waals surface area contributed by atoms with Crippen molar-refractivity contribution in [2.24, 2.45) is 0 Å². The van der Waals surface area contributed by atoms with Gasteiger partial charge in [-0.2, -0.15) is 0 Å². The Morgan fingerprint density at radius 1 is 1.15 bits per heavy atom. The first-order chi connectivity index (χ1) is 12.6. The summed E-state index contributed by atoms with van der Waals surface area (Å²) in [6.07, 6.45) is 6.65. The zero-order valence-electron chi connectivity index (χ0n) is 15.3. The number of unbranched alkanes of at least 4 members (excludes halogenated alkanes) is 1. The number of ether oxygens (including phenoxy) is 2. The fraction of sp³-hybridized carbons (Fsp3) is 0.286. The number of anilines is 1. The van der Waals surface area contributed by atoms with Gasteiger partial charge in [0, 0.05) is 11.8 Å². The molecule has 0 fully saturated rings. The molecule has 0 atom stereocenters. The SMILES string of the molecule is CCCCc1ccc(NC(=O)C=Cc2cc(Br)c(OC)c(OC)c2)cc1. The maximum Gasteiger partial charge on any atom is 0.248 e. The molecule has 0 saturated carbocycles. The topological polar surface area (TPSA) is 47.6 Å². The predicted octanol–water partition coefficient (Wildman–Crippen LogP) is 5.46. The average molecular weight is 418 g/mol. The Labute approximate surface area is 163 Å². The molecule has 2 aromatic carbocycles. The molecular formula is C21H24BrNO3. The van der Waals surface area contributed by atoms with E-state index in [1.165, 1.54) is 24.5 Å². The van der Waals surface area contributed by atoms with Crippen molar-refractivity contribution in [2.75, 3.05) is 19.5 Å². The highest BCUT2D eigenvalue weighted by Crippen LogP contribution is 2.36. The molecule has 4 nitrogen and oxygen atoms in total. The monoisotopic (exact) mass is 417 g/mol. The van der Waals surface area contributed by atoms with Crippen LogP contribution in [0.3, 0.4) is 0 Å². The van der Waals surface area contributed by atoms with Crippen molar-refractivity contribution in [1.82, 2.24) is 0 Å². The van der Waals surface area contributed by atoms with E-state index in [1.54, 1.807) is 20.3 Å². The molecule has 0 unspecified atom stereocenters.